The number of hydrogen-bond acceptors (Lipinski definition) is 5. The lowest BCUT2D eigenvalue weighted by Crippen LogP contribution is -2.50. The van der Waals surface area contributed by atoms with E-state index in [4.69, 9.17) is 32.7 Å². The minimum Gasteiger partial charge on any atom is -0.489 e. The highest BCUT2D eigenvalue weighted by Gasteiger charge is 2.59. The quantitative estimate of drug-likeness (QED) is 0.331. The van der Waals surface area contributed by atoms with Crippen molar-refractivity contribution in [1.29, 1.82) is 0 Å². The largest absolute Gasteiger partial charge is 0.489 e. The monoisotopic (exact) mass is 577 g/mol. The van der Waals surface area contributed by atoms with Crippen LogP contribution in [0.15, 0.2) is 42.5 Å². The predicted octanol–water partition coefficient (Wildman–Crippen LogP) is 6.47. The van der Waals surface area contributed by atoms with Gasteiger partial charge in [0.1, 0.15) is 24.0 Å². The number of benzene rings is 2. The summed E-state index contributed by atoms with van der Waals surface area (Å²) in [4.78, 5) is 38.4. The Morgan fingerprint density at radius 3 is 2.18 bits per heavy atom. The van der Waals surface area contributed by atoms with Crippen molar-refractivity contribution in [2.75, 3.05) is 0 Å². The predicted molar refractivity (Wildman–Crippen MR) is 151 cm³/mol. The highest BCUT2D eigenvalue weighted by molar-refractivity contribution is 6.35. The Morgan fingerprint density at radius 2 is 1.64 bits per heavy atom. The summed E-state index contributed by atoms with van der Waals surface area (Å²) < 4.78 is 11.5. The number of carboxylic acid groups (broad SMARTS) is 1. The number of carboxylic acids is 1. The van der Waals surface area contributed by atoms with Gasteiger partial charge in [0.05, 0.1) is 5.41 Å². The average molecular weight is 579 g/mol. The second kappa shape index (κ2) is 11.8. The number of rotatable bonds is 9. The molecular weight excluding hydrogens is 541 g/mol. The number of aliphatic carboxylic acids is 1. The lowest BCUT2D eigenvalue weighted by molar-refractivity contribution is -0.173. The Kier molecular flexibility index (Phi) is 9.28. The highest BCUT2D eigenvalue weighted by atomic mass is 35.5. The average Bonchev–Trinajstić information content (AvgIpc) is 3.07. The molecule has 1 saturated carbocycles. The molecule has 2 unspecified atom stereocenters. The van der Waals surface area contributed by atoms with Gasteiger partial charge >= 0.3 is 11.9 Å². The van der Waals surface area contributed by atoms with Crippen LogP contribution in [0.25, 0.3) is 0 Å². The van der Waals surface area contributed by atoms with E-state index >= 15 is 0 Å². The number of hydrogen-bond donors (Lipinski definition) is 2. The van der Waals surface area contributed by atoms with E-state index in [1.807, 2.05) is 41.5 Å². The van der Waals surface area contributed by atoms with E-state index in [9.17, 15) is 19.5 Å². The first kappa shape index (κ1) is 30.8. The smallest absolute Gasteiger partial charge is 0.326 e. The molecule has 2 N–H and O–H groups in total. The summed E-state index contributed by atoms with van der Waals surface area (Å²) in [6.07, 6.45) is 1.03. The lowest BCUT2D eigenvalue weighted by atomic mass is 9.65. The van der Waals surface area contributed by atoms with Gasteiger partial charge in [-0.25, -0.2) is 4.79 Å². The van der Waals surface area contributed by atoms with Crippen LogP contribution < -0.4 is 10.1 Å². The van der Waals surface area contributed by atoms with Crippen molar-refractivity contribution >= 4 is 41.0 Å². The molecule has 0 aliphatic heterocycles. The maximum atomic E-state index is 13.3. The molecule has 1 amide bonds. The molecule has 7 nitrogen and oxygen atoms in total. The van der Waals surface area contributed by atoms with Crippen LogP contribution in [0.5, 0.6) is 5.75 Å². The fraction of sp³-hybridized carbons (Fsp3) is 0.500. The van der Waals surface area contributed by atoms with E-state index < -0.39 is 34.4 Å². The Labute approximate surface area is 240 Å². The fourth-order valence-electron chi connectivity index (χ4n) is 4.97. The van der Waals surface area contributed by atoms with Gasteiger partial charge in [-0.15, -0.1) is 0 Å². The Balaban J connectivity index is 1.65. The SMILES string of the molecule is CC(C)(C)OC(=O)C1(C)CCC(C(=O)N[C@@H](Cc2ccc(OCc3c(Cl)cccc3Cl)cc2)C(=O)O)C1(C)C. The highest BCUT2D eigenvalue weighted by Crippen LogP contribution is 2.57. The van der Waals surface area contributed by atoms with Gasteiger partial charge < -0.3 is 19.9 Å². The maximum Gasteiger partial charge on any atom is 0.326 e. The standard InChI is InChI=1S/C30H37Cl2NO6/c1-28(2,3)39-27(37)30(6)15-14-21(29(30,4)5)25(34)33-24(26(35)36)16-18-10-12-19(13-11-18)38-17-20-22(31)8-7-9-23(20)32/h7-13,21,24H,14-17H2,1-6H3,(H,33,34)(H,35,36)/t21?,24-,30?/m0/s1. The Bertz CT molecular complexity index is 1200. The minimum absolute atomic E-state index is 0.0914. The maximum absolute atomic E-state index is 13.3. The summed E-state index contributed by atoms with van der Waals surface area (Å²) in [5.74, 6) is -1.83. The molecule has 0 aromatic heterocycles. The summed E-state index contributed by atoms with van der Waals surface area (Å²) in [5.41, 5.74) is -0.851. The molecular formula is C30H37Cl2NO6. The van der Waals surface area contributed by atoms with E-state index in [1.54, 1.807) is 42.5 Å². The third-order valence-corrected chi connectivity index (χ3v) is 8.52. The second-order valence-electron chi connectivity index (χ2n) is 11.9. The van der Waals surface area contributed by atoms with Crippen molar-refractivity contribution < 1.29 is 29.0 Å². The number of amides is 1. The van der Waals surface area contributed by atoms with Crippen molar-refractivity contribution in [3.8, 4) is 5.75 Å². The summed E-state index contributed by atoms with van der Waals surface area (Å²) in [7, 11) is 0. The number of carbonyl (C=O) groups excluding carboxylic acids is 2. The van der Waals surface area contributed by atoms with Crippen LogP contribution in [-0.2, 0) is 32.1 Å². The Hall–Kier alpha value is -2.77. The zero-order chi connectivity index (χ0) is 29.2. The summed E-state index contributed by atoms with van der Waals surface area (Å²) in [5, 5.41) is 13.6. The van der Waals surface area contributed by atoms with Crippen molar-refractivity contribution in [1.82, 2.24) is 5.32 Å². The van der Waals surface area contributed by atoms with E-state index in [1.165, 1.54) is 0 Å². The van der Waals surface area contributed by atoms with Crippen molar-refractivity contribution in [2.45, 2.75) is 79.1 Å². The molecule has 3 rings (SSSR count). The van der Waals surface area contributed by atoms with E-state index in [0.29, 0.717) is 34.2 Å². The molecule has 1 fully saturated rings. The van der Waals surface area contributed by atoms with Crippen molar-refractivity contribution in [2.24, 2.45) is 16.7 Å². The molecule has 9 heteroatoms. The molecule has 212 valence electrons. The van der Waals surface area contributed by atoms with Crippen molar-refractivity contribution in [3.05, 3.63) is 63.6 Å². The van der Waals surface area contributed by atoms with Gasteiger partial charge in [-0.3, -0.25) is 9.59 Å². The summed E-state index contributed by atoms with van der Waals surface area (Å²) >= 11 is 12.4. The van der Waals surface area contributed by atoms with Crippen LogP contribution in [-0.4, -0.2) is 34.6 Å². The molecule has 1 aliphatic rings. The van der Waals surface area contributed by atoms with Crippen molar-refractivity contribution in [3.63, 3.8) is 0 Å². The first-order valence-corrected chi connectivity index (χ1v) is 13.7. The zero-order valence-corrected chi connectivity index (χ0v) is 24.8. The molecule has 0 heterocycles. The van der Waals surface area contributed by atoms with Gasteiger partial charge in [0, 0.05) is 27.9 Å². The van der Waals surface area contributed by atoms with Gasteiger partial charge in [0.2, 0.25) is 5.91 Å². The van der Waals surface area contributed by atoms with Gasteiger partial charge in [0.15, 0.2) is 0 Å². The van der Waals surface area contributed by atoms with E-state index in [0.717, 1.165) is 5.56 Å². The number of nitrogens with one attached hydrogen (secondary N) is 1. The third-order valence-electron chi connectivity index (χ3n) is 7.81. The minimum atomic E-state index is -1.14. The first-order chi connectivity index (χ1) is 18.0. The van der Waals surface area contributed by atoms with Gasteiger partial charge in [-0.1, -0.05) is 55.2 Å². The molecule has 1 aliphatic carbocycles. The van der Waals surface area contributed by atoms with Gasteiger partial charge in [-0.05, 0) is 75.8 Å². The van der Waals surface area contributed by atoms with Crippen LogP contribution >= 0.6 is 23.2 Å². The fourth-order valence-corrected chi connectivity index (χ4v) is 5.48. The van der Waals surface area contributed by atoms with Crippen LogP contribution in [0.2, 0.25) is 10.0 Å². The number of ether oxygens (including phenoxy) is 2. The summed E-state index contributed by atoms with van der Waals surface area (Å²) in [6.45, 7) is 11.2. The molecule has 0 radical (unpaired) electrons. The zero-order valence-electron chi connectivity index (χ0n) is 23.3. The molecule has 39 heavy (non-hydrogen) atoms. The topological polar surface area (TPSA) is 102 Å². The van der Waals surface area contributed by atoms with Crippen LogP contribution in [0.3, 0.4) is 0 Å². The van der Waals surface area contributed by atoms with Crippen LogP contribution in [0.4, 0.5) is 0 Å². The first-order valence-electron chi connectivity index (χ1n) is 13.0. The molecule has 0 saturated heterocycles. The summed E-state index contributed by atoms with van der Waals surface area (Å²) in [6, 6.07) is 11.1. The normalized spacial score (nSPS) is 21.2. The number of halogens is 2. The number of carbonyl (C=O) groups is 3. The van der Waals surface area contributed by atoms with Crippen LogP contribution in [0, 0.1) is 16.7 Å². The van der Waals surface area contributed by atoms with Gasteiger partial charge in [-0.2, -0.15) is 0 Å². The van der Waals surface area contributed by atoms with E-state index in [2.05, 4.69) is 5.32 Å². The van der Waals surface area contributed by atoms with Gasteiger partial charge in [0.25, 0.3) is 0 Å². The molecule has 2 aromatic rings. The molecule has 3 atom stereocenters. The van der Waals surface area contributed by atoms with E-state index in [-0.39, 0.29) is 24.9 Å². The second-order valence-corrected chi connectivity index (χ2v) is 12.7. The molecule has 0 spiro atoms. The third kappa shape index (κ3) is 7.06. The number of esters is 1. The lowest BCUT2D eigenvalue weighted by Gasteiger charge is -2.40. The van der Waals surface area contributed by atoms with Crippen LogP contribution in [0.1, 0.15) is 65.5 Å². The Morgan fingerprint density at radius 1 is 1.05 bits per heavy atom. The molecule has 0 bridgehead atoms. The molecule has 2 aromatic carbocycles.